The lowest BCUT2D eigenvalue weighted by atomic mass is 10.0. The van der Waals surface area contributed by atoms with Crippen LogP contribution >= 0.6 is 0 Å². The number of rotatable bonds is 19. The summed E-state index contributed by atoms with van der Waals surface area (Å²) >= 11 is 0. The number of nitrogens with zero attached hydrogens (tertiary/aromatic N) is 1. The summed E-state index contributed by atoms with van der Waals surface area (Å²) in [5, 5.41) is 12.8. The number of aryl methyl sites for hydroxylation is 1. The fraction of sp³-hybridized carbons (Fsp3) is 0.667. The van der Waals surface area contributed by atoms with Gasteiger partial charge in [0.05, 0.1) is 0 Å². The van der Waals surface area contributed by atoms with Crippen LogP contribution in [0.5, 0.6) is 5.75 Å². The van der Waals surface area contributed by atoms with Crippen molar-refractivity contribution in [1.82, 2.24) is 4.90 Å². The van der Waals surface area contributed by atoms with Gasteiger partial charge in [-0.05, 0) is 62.7 Å². The van der Waals surface area contributed by atoms with E-state index in [-0.39, 0.29) is 0 Å². The minimum Gasteiger partial charge on any atom is -0.507 e. The van der Waals surface area contributed by atoms with Crippen LogP contribution in [-0.2, 0) is 6.42 Å². The molecule has 0 radical (unpaired) electrons. The molecule has 0 aliphatic heterocycles. The van der Waals surface area contributed by atoms with Gasteiger partial charge in [-0.3, -0.25) is 0 Å². The summed E-state index contributed by atoms with van der Waals surface area (Å²) in [6.45, 7) is 8.32. The molecule has 2 rings (SSSR count). The summed E-state index contributed by atoms with van der Waals surface area (Å²) in [4.78, 5) is 2.72. The molecule has 0 saturated heterocycles. The maximum Gasteiger partial charge on any atom is 0.126 e. The second-order valence-electron chi connectivity index (χ2n) is 9.63. The Hall–Kier alpha value is -1.54. The third-order valence-electron chi connectivity index (χ3n) is 6.81. The van der Waals surface area contributed by atoms with Gasteiger partial charge in [0.15, 0.2) is 0 Å². The topological polar surface area (TPSA) is 23.5 Å². The van der Waals surface area contributed by atoms with Crippen LogP contribution < -0.4 is 0 Å². The van der Waals surface area contributed by atoms with Gasteiger partial charge in [-0.15, -0.1) is 0 Å². The number of hydrogen-bond donors (Lipinski definition) is 1. The highest BCUT2D eigenvalue weighted by Crippen LogP contribution is 2.29. The molecule has 0 bridgehead atoms. The molecule has 0 heterocycles. The van der Waals surface area contributed by atoms with E-state index < -0.39 is 0 Å². The van der Waals surface area contributed by atoms with Gasteiger partial charge in [-0.25, -0.2) is 0 Å². The van der Waals surface area contributed by atoms with Crippen LogP contribution in [0, 0.1) is 0 Å². The van der Waals surface area contributed by atoms with Crippen LogP contribution in [0.3, 0.4) is 0 Å². The summed E-state index contributed by atoms with van der Waals surface area (Å²) in [5.74, 6) is 0.485. The minimum absolute atomic E-state index is 0.485. The fourth-order valence-electron chi connectivity index (χ4n) is 4.72. The van der Waals surface area contributed by atoms with E-state index in [0.29, 0.717) is 5.75 Å². The first-order chi connectivity index (χ1) is 15.8. The Bertz CT molecular complexity index is 710. The quantitative estimate of drug-likeness (QED) is 0.221. The van der Waals surface area contributed by atoms with Crippen molar-refractivity contribution in [2.75, 3.05) is 19.6 Å². The van der Waals surface area contributed by atoms with Gasteiger partial charge in [0.2, 0.25) is 0 Å². The van der Waals surface area contributed by atoms with Gasteiger partial charge in [-0.2, -0.15) is 0 Å². The third-order valence-corrected chi connectivity index (χ3v) is 6.81. The molecule has 32 heavy (non-hydrogen) atoms. The molecule has 0 amide bonds. The van der Waals surface area contributed by atoms with E-state index in [1.807, 2.05) is 18.2 Å². The largest absolute Gasteiger partial charge is 0.507 e. The van der Waals surface area contributed by atoms with E-state index in [1.54, 1.807) is 0 Å². The Kier molecular flexibility index (Phi) is 14.2. The molecule has 1 N–H and O–H groups in total. The molecule has 0 spiro atoms. The second kappa shape index (κ2) is 17.0. The first-order valence-electron chi connectivity index (χ1n) is 13.7. The predicted octanol–water partition coefficient (Wildman–Crippen LogP) is 8.89. The first kappa shape index (κ1) is 26.7. The van der Waals surface area contributed by atoms with Crippen molar-refractivity contribution >= 4 is 10.8 Å². The molecule has 0 atom stereocenters. The van der Waals surface area contributed by atoms with E-state index >= 15 is 0 Å². The lowest BCUT2D eigenvalue weighted by Crippen LogP contribution is -2.27. The Morgan fingerprint density at radius 3 is 1.75 bits per heavy atom. The second-order valence-corrected chi connectivity index (χ2v) is 9.63. The summed E-state index contributed by atoms with van der Waals surface area (Å²) < 4.78 is 0. The molecule has 2 aromatic carbocycles. The molecule has 2 nitrogen and oxygen atoms in total. The SMILES string of the molecule is CCCCCCCCN(CCCCCCCC)CCCCc1ccc2ccccc2c1O. The van der Waals surface area contributed by atoms with Gasteiger partial charge in [0, 0.05) is 5.39 Å². The highest BCUT2D eigenvalue weighted by molar-refractivity contribution is 5.89. The summed E-state index contributed by atoms with van der Waals surface area (Å²) in [7, 11) is 0. The van der Waals surface area contributed by atoms with Crippen LogP contribution in [0.4, 0.5) is 0 Å². The third kappa shape index (κ3) is 10.4. The van der Waals surface area contributed by atoms with Crippen molar-refractivity contribution < 1.29 is 5.11 Å². The van der Waals surface area contributed by atoms with E-state index in [9.17, 15) is 5.11 Å². The predicted molar refractivity (Wildman–Crippen MR) is 142 cm³/mol. The molecule has 0 aromatic heterocycles. The lowest BCUT2D eigenvalue weighted by molar-refractivity contribution is 0.255. The van der Waals surface area contributed by atoms with E-state index in [2.05, 4.69) is 36.9 Å². The van der Waals surface area contributed by atoms with Gasteiger partial charge in [0.25, 0.3) is 0 Å². The fourth-order valence-corrected chi connectivity index (χ4v) is 4.72. The number of phenols is 1. The number of aromatic hydroxyl groups is 1. The van der Waals surface area contributed by atoms with E-state index in [1.165, 1.54) is 103 Å². The average Bonchev–Trinajstić information content (AvgIpc) is 2.82. The summed E-state index contributed by atoms with van der Waals surface area (Å²) in [6.07, 6.45) is 19.9. The maximum absolute atomic E-state index is 10.7. The first-order valence-corrected chi connectivity index (χ1v) is 13.7. The van der Waals surface area contributed by atoms with Crippen LogP contribution in [0.25, 0.3) is 10.8 Å². The highest BCUT2D eigenvalue weighted by Gasteiger charge is 2.08. The number of unbranched alkanes of at least 4 members (excludes halogenated alkanes) is 11. The van der Waals surface area contributed by atoms with Crippen molar-refractivity contribution in [1.29, 1.82) is 0 Å². The molecule has 0 fully saturated rings. The van der Waals surface area contributed by atoms with Gasteiger partial charge in [-0.1, -0.05) is 114 Å². The number of fused-ring (bicyclic) bond motifs is 1. The standard InChI is InChI=1S/C30H49NO/c1-3-5-7-9-11-16-24-31(25-17-12-10-8-6-4-2)26-18-15-20-28-23-22-27-19-13-14-21-29(27)30(28)32/h13-14,19,21-23,32H,3-12,15-18,20,24-26H2,1-2H3. The Morgan fingerprint density at radius 2 is 1.12 bits per heavy atom. The Morgan fingerprint density at radius 1 is 0.594 bits per heavy atom. The lowest BCUT2D eigenvalue weighted by Gasteiger charge is -2.22. The zero-order chi connectivity index (χ0) is 22.9. The molecule has 0 saturated carbocycles. The van der Waals surface area contributed by atoms with Crippen LogP contribution in [0.1, 0.15) is 109 Å². The van der Waals surface area contributed by atoms with Crippen molar-refractivity contribution in [2.24, 2.45) is 0 Å². The van der Waals surface area contributed by atoms with Crippen LogP contribution in [0.2, 0.25) is 0 Å². The van der Waals surface area contributed by atoms with Crippen molar-refractivity contribution in [3.63, 3.8) is 0 Å². The molecule has 0 unspecified atom stereocenters. The minimum atomic E-state index is 0.485. The van der Waals surface area contributed by atoms with E-state index in [0.717, 1.165) is 29.2 Å². The van der Waals surface area contributed by atoms with Gasteiger partial charge in [0.1, 0.15) is 5.75 Å². The summed E-state index contributed by atoms with van der Waals surface area (Å²) in [5.41, 5.74) is 1.10. The molecular weight excluding hydrogens is 390 g/mol. The number of hydrogen-bond acceptors (Lipinski definition) is 2. The Balaban J connectivity index is 1.72. The summed E-state index contributed by atoms with van der Waals surface area (Å²) in [6, 6.07) is 12.4. The van der Waals surface area contributed by atoms with Crippen LogP contribution in [0.15, 0.2) is 36.4 Å². The number of phenolic OH excluding ortho intramolecular Hbond substituents is 1. The normalized spacial score (nSPS) is 11.6. The maximum atomic E-state index is 10.7. The van der Waals surface area contributed by atoms with Gasteiger partial charge < -0.3 is 10.0 Å². The average molecular weight is 440 g/mol. The van der Waals surface area contributed by atoms with E-state index in [4.69, 9.17) is 0 Å². The highest BCUT2D eigenvalue weighted by atomic mass is 16.3. The monoisotopic (exact) mass is 439 g/mol. The van der Waals surface area contributed by atoms with Crippen molar-refractivity contribution in [3.8, 4) is 5.75 Å². The molecule has 2 heteroatoms. The molecule has 2 aromatic rings. The molecule has 0 aliphatic rings. The zero-order valence-corrected chi connectivity index (χ0v) is 21.1. The zero-order valence-electron chi connectivity index (χ0n) is 21.1. The van der Waals surface area contributed by atoms with Crippen LogP contribution in [-0.4, -0.2) is 29.6 Å². The molecule has 0 aliphatic carbocycles. The molecular formula is C30H49NO. The Labute approximate surface area is 198 Å². The molecule has 180 valence electrons. The van der Waals surface area contributed by atoms with Crippen molar-refractivity contribution in [2.45, 2.75) is 110 Å². The number of benzene rings is 2. The van der Waals surface area contributed by atoms with Crippen molar-refractivity contribution in [3.05, 3.63) is 42.0 Å². The smallest absolute Gasteiger partial charge is 0.126 e. The van der Waals surface area contributed by atoms with Gasteiger partial charge >= 0.3 is 0 Å².